The topological polar surface area (TPSA) is 92.5 Å². The molecule has 1 amide bonds. The molecule has 1 fully saturated rings. The van der Waals surface area contributed by atoms with Crippen molar-refractivity contribution in [3.63, 3.8) is 0 Å². The Kier molecular flexibility index (Phi) is 6.30. The molecule has 0 saturated carbocycles. The molecule has 0 unspecified atom stereocenters. The third kappa shape index (κ3) is 4.63. The van der Waals surface area contributed by atoms with Crippen LogP contribution < -0.4 is 4.90 Å². The van der Waals surface area contributed by atoms with Crippen LogP contribution in [0.1, 0.15) is 22.5 Å². The summed E-state index contributed by atoms with van der Waals surface area (Å²) in [6.45, 7) is 4.58. The minimum absolute atomic E-state index is 0.0714. The number of nitro benzene ring substituents is 1. The molecule has 0 bridgehead atoms. The van der Waals surface area contributed by atoms with E-state index in [-0.39, 0.29) is 11.6 Å². The van der Waals surface area contributed by atoms with Crippen molar-refractivity contribution in [2.24, 2.45) is 0 Å². The second-order valence-electron chi connectivity index (χ2n) is 6.74. The van der Waals surface area contributed by atoms with E-state index in [1.807, 2.05) is 17.7 Å². The van der Waals surface area contributed by atoms with E-state index in [9.17, 15) is 14.9 Å². The van der Waals surface area contributed by atoms with Crippen molar-refractivity contribution < 1.29 is 9.72 Å². The smallest absolute Gasteiger partial charge is 0.284 e. The molecular formula is C19H19N5O3S3. The number of aromatic nitrogens is 2. The molecule has 4 rings (SSSR count). The summed E-state index contributed by atoms with van der Waals surface area (Å²) in [6, 6.07) is 4.70. The van der Waals surface area contributed by atoms with Crippen LogP contribution in [-0.4, -0.2) is 51.9 Å². The number of anilines is 1. The number of thiazole rings is 2. The molecule has 0 spiro atoms. The van der Waals surface area contributed by atoms with Gasteiger partial charge in [0.2, 0.25) is 0 Å². The van der Waals surface area contributed by atoms with Crippen LogP contribution in [0.25, 0.3) is 0 Å². The van der Waals surface area contributed by atoms with Crippen molar-refractivity contribution in [2.45, 2.75) is 22.6 Å². The quantitative estimate of drug-likeness (QED) is 0.413. The number of carbonyl (C=O) groups is 1. The van der Waals surface area contributed by atoms with Crippen molar-refractivity contribution in [1.29, 1.82) is 0 Å². The number of benzene rings is 1. The first-order valence-corrected chi connectivity index (χ1v) is 11.9. The van der Waals surface area contributed by atoms with E-state index >= 15 is 0 Å². The van der Waals surface area contributed by atoms with E-state index in [1.165, 1.54) is 29.2 Å². The molecule has 1 saturated heterocycles. The molecule has 1 aliphatic rings. The minimum Gasteiger partial charge on any atom is -0.346 e. The lowest BCUT2D eigenvalue weighted by atomic mass is 10.1. The number of nitro groups is 1. The second kappa shape index (κ2) is 9.11. The lowest BCUT2D eigenvalue weighted by Crippen LogP contribution is -2.35. The molecule has 0 aliphatic carbocycles. The molecule has 30 heavy (non-hydrogen) atoms. The highest BCUT2D eigenvalue weighted by molar-refractivity contribution is 8.01. The number of aryl methyl sites for hydroxylation is 1. The predicted octanol–water partition coefficient (Wildman–Crippen LogP) is 4.32. The highest BCUT2D eigenvalue weighted by Crippen LogP contribution is 2.37. The van der Waals surface area contributed by atoms with Crippen LogP contribution in [0.3, 0.4) is 0 Å². The first-order chi connectivity index (χ1) is 14.5. The van der Waals surface area contributed by atoms with Gasteiger partial charge >= 0.3 is 0 Å². The standard InChI is InChI=1S/C19H19N5O3S3/c1-13-12-29-19(21-13)30-16-4-3-14(11-15(16)24(26)27)17(25)22-6-2-7-23(9-8-22)18-20-5-10-28-18/h3-5,10-12H,2,6-9H2,1H3. The van der Waals surface area contributed by atoms with Gasteiger partial charge in [-0.05, 0) is 25.5 Å². The fraction of sp³-hybridized carbons (Fsp3) is 0.316. The fourth-order valence-corrected chi connectivity index (χ4v) is 5.79. The number of carbonyl (C=O) groups excluding carboxylic acids is 1. The van der Waals surface area contributed by atoms with Crippen LogP contribution in [0.2, 0.25) is 0 Å². The molecule has 8 nitrogen and oxygen atoms in total. The van der Waals surface area contributed by atoms with Crippen molar-refractivity contribution in [2.75, 3.05) is 31.1 Å². The Labute approximate surface area is 185 Å². The Morgan fingerprint density at radius 3 is 2.80 bits per heavy atom. The van der Waals surface area contributed by atoms with Crippen LogP contribution >= 0.6 is 34.4 Å². The number of hydrogen-bond donors (Lipinski definition) is 0. The van der Waals surface area contributed by atoms with Gasteiger partial charge in [-0.3, -0.25) is 14.9 Å². The van der Waals surface area contributed by atoms with Crippen LogP contribution in [-0.2, 0) is 0 Å². The lowest BCUT2D eigenvalue weighted by Gasteiger charge is -2.21. The molecule has 0 radical (unpaired) electrons. The number of hydrogen-bond acceptors (Lipinski definition) is 9. The van der Waals surface area contributed by atoms with Gasteiger partial charge in [0.25, 0.3) is 11.6 Å². The summed E-state index contributed by atoms with van der Waals surface area (Å²) in [7, 11) is 0. The molecule has 1 aliphatic heterocycles. The zero-order valence-corrected chi connectivity index (χ0v) is 18.6. The van der Waals surface area contributed by atoms with Gasteiger partial charge in [-0.15, -0.1) is 22.7 Å². The zero-order valence-electron chi connectivity index (χ0n) is 16.2. The molecule has 0 N–H and O–H groups in total. The van der Waals surface area contributed by atoms with Gasteiger partial charge in [-0.2, -0.15) is 0 Å². The Balaban J connectivity index is 1.50. The van der Waals surface area contributed by atoms with E-state index in [0.29, 0.717) is 30.1 Å². The van der Waals surface area contributed by atoms with Gasteiger partial charge in [0.05, 0.1) is 9.82 Å². The maximum absolute atomic E-state index is 13.0. The highest BCUT2D eigenvalue weighted by atomic mass is 32.2. The summed E-state index contributed by atoms with van der Waals surface area (Å²) >= 11 is 4.28. The Morgan fingerprint density at radius 2 is 2.10 bits per heavy atom. The minimum atomic E-state index is -0.438. The molecule has 0 atom stereocenters. The zero-order chi connectivity index (χ0) is 21.1. The van der Waals surface area contributed by atoms with Crippen molar-refractivity contribution in [3.8, 4) is 0 Å². The summed E-state index contributed by atoms with van der Waals surface area (Å²) in [5.74, 6) is -0.180. The normalized spacial score (nSPS) is 14.6. The monoisotopic (exact) mass is 461 g/mol. The number of nitrogens with zero attached hydrogens (tertiary/aromatic N) is 5. The van der Waals surface area contributed by atoms with Gasteiger partial charge < -0.3 is 9.80 Å². The van der Waals surface area contributed by atoms with Gasteiger partial charge in [0.15, 0.2) is 9.47 Å². The van der Waals surface area contributed by atoms with Gasteiger partial charge in [-0.25, -0.2) is 9.97 Å². The van der Waals surface area contributed by atoms with Gasteiger partial charge in [0.1, 0.15) is 0 Å². The van der Waals surface area contributed by atoms with Crippen LogP contribution in [0.15, 0.2) is 44.4 Å². The van der Waals surface area contributed by atoms with E-state index in [4.69, 9.17) is 0 Å². The molecule has 11 heteroatoms. The van der Waals surface area contributed by atoms with Gasteiger partial charge in [0, 0.05) is 60.5 Å². The Morgan fingerprint density at radius 1 is 1.23 bits per heavy atom. The maximum atomic E-state index is 13.0. The number of rotatable bonds is 5. The predicted molar refractivity (Wildman–Crippen MR) is 119 cm³/mol. The summed E-state index contributed by atoms with van der Waals surface area (Å²) < 4.78 is 0.740. The largest absolute Gasteiger partial charge is 0.346 e. The molecule has 3 aromatic rings. The average molecular weight is 462 g/mol. The first-order valence-electron chi connectivity index (χ1n) is 9.33. The van der Waals surface area contributed by atoms with Gasteiger partial charge in [-0.1, -0.05) is 11.8 Å². The fourth-order valence-electron chi connectivity index (χ4n) is 3.22. The van der Waals surface area contributed by atoms with Crippen LogP contribution in [0, 0.1) is 17.0 Å². The summed E-state index contributed by atoms with van der Waals surface area (Å²) in [6.07, 6.45) is 2.60. The highest BCUT2D eigenvalue weighted by Gasteiger charge is 2.24. The van der Waals surface area contributed by atoms with E-state index < -0.39 is 4.92 Å². The number of amides is 1. The van der Waals surface area contributed by atoms with E-state index in [2.05, 4.69) is 14.9 Å². The van der Waals surface area contributed by atoms with Crippen molar-refractivity contribution >= 4 is 51.2 Å². The SMILES string of the molecule is Cc1csc(Sc2ccc(C(=O)N3CCCN(c4nccs4)CC3)cc2[N+](=O)[O-])n1. The van der Waals surface area contributed by atoms with Crippen LogP contribution in [0.5, 0.6) is 0 Å². The average Bonchev–Trinajstić information content (AvgIpc) is 3.34. The molecule has 156 valence electrons. The second-order valence-corrected chi connectivity index (χ2v) is 9.76. The first kappa shape index (κ1) is 20.8. The molecular weight excluding hydrogens is 442 g/mol. The third-order valence-corrected chi connectivity index (χ3v) is 7.62. The molecule has 1 aromatic carbocycles. The molecule has 2 aromatic heterocycles. The Bertz CT molecular complexity index is 1050. The summed E-state index contributed by atoms with van der Waals surface area (Å²) in [5.41, 5.74) is 1.15. The van der Waals surface area contributed by atoms with Crippen LogP contribution in [0.4, 0.5) is 10.8 Å². The summed E-state index contributed by atoms with van der Waals surface area (Å²) in [4.78, 5) is 37.4. The lowest BCUT2D eigenvalue weighted by molar-refractivity contribution is -0.387. The van der Waals surface area contributed by atoms with E-state index in [0.717, 1.165) is 28.1 Å². The third-order valence-electron chi connectivity index (χ3n) is 4.67. The van der Waals surface area contributed by atoms with E-state index in [1.54, 1.807) is 34.6 Å². The molecule has 3 heterocycles. The maximum Gasteiger partial charge on any atom is 0.284 e. The van der Waals surface area contributed by atoms with Crippen molar-refractivity contribution in [1.82, 2.24) is 14.9 Å². The Hall–Kier alpha value is -2.50. The summed E-state index contributed by atoms with van der Waals surface area (Å²) in [5, 5.41) is 16.4. The van der Waals surface area contributed by atoms with Crippen molar-refractivity contribution in [3.05, 3.63) is 56.5 Å².